The summed E-state index contributed by atoms with van der Waals surface area (Å²) in [4.78, 5) is 11.0. The Labute approximate surface area is 222 Å². The molecule has 186 valence electrons. The van der Waals surface area contributed by atoms with E-state index in [2.05, 4.69) is 12.1 Å². The van der Waals surface area contributed by atoms with Crippen LogP contribution in [0.2, 0.25) is 0 Å². The van der Waals surface area contributed by atoms with Crippen LogP contribution in [-0.2, 0) is 17.2 Å². The quantitative estimate of drug-likeness (QED) is 0.216. The second kappa shape index (κ2) is 12.3. The van der Waals surface area contributed by atoms with Crippen LogP contribution in [0.25, 0.3) is 0 Å². The third-order valence-corrected chi connectivity index (χ3v) is 6.64. The number of thioether (sulfide) groups is 1. The van der Waals surface area contributed by atoms with Crippen molar-refractivity contribution >= 4 is 17.5 Å². The van der Waals surface area contributed by atoms with Crippen molar-refractivity contribution in [3.05, 3.63) is 133 Å². The lowest BCUT2D eigenvalue weighted by Crippen LogP contribution is -2.30. The molecule has 5 nitrogen and oxygen atoms in total. The van der Waals surface area contributed by atoms with Gasteiger partial charge in [0.2, 0.25) is 0 Å². The fourth-order valence-electron chi connectivity index (χ4n) is 3.71. The Hall–Kier alpha value is -4.00. The number of ether oxygens (including phenoxy) is 2. The highest BCUT2D eigenvalue weighted by molar-refractivity contribution is 7.99. The van der Waals surface area contributed by atoms with E-state index in [1.54, 1.807) is 11.8 Å². The van der Waals surface area contributed by atoms with Gasteiger partial charge in [-0.2, -0.15) is 0 Å². The molecule has 0 aliphatic carbocycles. The minimum atomic E-state index is -0.188. The molecule has 0 amide bonds. The lowest BCUT2D eigenvalue weighted by Gasteiger charge is -2.29. The molecule has 0 radical (unpaired) electrons. The van der Waals surface area contributed by atoms with Crippen molar-refractivity contribution in [3.63, 3.8) is 0 Å². The summed E-state index contributed by atoms with van der Waals surface area (Å²) in [6.07, 6.45) is 3.90. The van der Waals surface area contributed by atoms with E-state index < -0.39 is 0 Å². The summed E-state index contributed by atoms with van der Waals surface area (Å²) in [6, 6.07) is 35.7. The van der Waals surface area contributed by atoms with E-state index in [1.165, 1.54) is 0 Å². The molecule has 4 aromatic rings. The molecule has 0 N–H and O–H groups in total. The molecular weight excluding hydrogens is 480 g/mol. The van der Waals surface area contributed by atoms with Crippen molar-refractivity contribution < 1.29 is 14.3 Å². The third-order valence-electron chi connectivity index (χ3n) is 5.53. The summed E-state index contributed by atoms with van der Waals surface area (Å²) in [5.74, 6) is 3.99. The molecule has 5 rings (SSSR count). The maximum Gasteiger partial charge on any atom is 0.192 e. The van der Waals surface area contributed by atoms with Gasteiger partial charge in [0.1, 0.15) is 29.6 Å². The van der Waals surface area contributed by atoms with E-state index in [1.807, 2.05) is 121 Å². The number of allylic oxidation sites excluding steroid dienone is 1. The Morgan fingerprint density at radius 2 is 1.27 bits per heavy atom. The first-order valence-corrected chi connectivity index (χ1v) is 13.2. The van der Waals surface area contributed by atoms with Gasteiger partial charge in [0, 0.05) is 17.7 Å². The van der Waals surface area contributed by atoms with Gasteiger partial charge in [-0.05, 0) is 72.7 Å². The topological polar surface area (TPSA) is 43.3 Å². The molecule has 1 aliphatic heterocycles. The highest BCUT2D eigenvalue weighted by Gasteiger charge is 2.19. The number of nitrogens with zero attached hydrogens (tertiary/aromatic N) is 2. The van der Waals surface area contributed by atoms with Crippen molar-refractivity contribution in [2.45, 2.75) is 24.8 Å². The fraction of sp³-hybridized carbons (Fsp3) is 0.129. The first-order valence-electron chi connectivity index (χ1n) is 12.1. The molecule has 0 aromatic heterocycles. The minimum Gasteiger partial charge on any atom is -0.457 e. The Kier molecular flexibility index (Phi) is 8.21. The van der Waals surface area contributed by atoms with Gasteiger partial charge in [0.05, 0.1) is 0 Å². The van der Waals surface area contributed by atoms with Crippen molar-refractivity contribution in [3.8, 4) is 23.0 Å². The molecular formula is C31H28N2O3S. The lowest BCUT2D eigenvalue weighted by atomic mass is 10.2. The van der Waals surface area contributed by atoms with Gasteiger partial charge < -0.3 is 9.47 Å². The summed E-state index contributed by atoms with van der Waals surface area (Å²) in [5.41, 5.74) is 2.96. The van der Waals surface area contributed by atoms with Gasteiger partial charge in [0.15, 0.2) is 5.50 Å². The lowest BCUT2D eigenvalue weighted by molar-refractivity contribution is -0.139. The molecule has 1 unspecified atom stereocenters. The largest absolute Gasteiger partial charge is 0.457 e. The molecule has 1 atom stereocenters. The van der Waals surface area contributed by atoms with Gasteiger partial charge in [0.25, 0.3) is 0 Å². The van der Waals surface area contributed by atoms with Gasteiger partial charge in [-0.1, -0.05) is 60.7 Å². The van der Waals surface area contributed by atoms with E-state index in [4.69, 9.17) is 19.3 Å². The Morgan fingerprint density at radius 3 is 1.92 bits per heavy atom. The van der Waals surface area contributed by atoms with Crippen LogP contribution >= 0.6 is 11.8 Å². The summed E-state index contributed by atoms with van der Waals surface area (Å²) >= 11 is 1.70. The molecule has 1 aliphatic rings. The molecule has 4 aromatic carbocycles. The van der Waals surface area contributed by atoms with E-state index in [-0.39, 0.29) is 5.50 Å². The average molecular weight is 509 g/mol. The average Bonchev–Trinajstić information content (AvgIpc) is 2.93. The van der Waals surface area contributed by atoms with Gasteiger partial charge >= 0.3 is 0 Å². The van der Waals surface area contributed by atoms with Gasteiger partial charge in [-0.3, -0.25) is 9.83 Å². The van der Waals surface area contributed by atoms with Gasteiger partial charge in [-0.15, -0.1) is 11.8 Å². The highest BCUT2D eigenvalue weighted by Crippen LogP contribution is 2.29. The second-order valence-electron chi connectivity index (χ2n) is 8.48. The Morgan fingerprint density at radius 1 is 0.703 bits per heavy atom. The minimum absolute atomic E-state index is 0.188. The first kappa shape index (κ1) is 24.7. The van der Waals surface area contributed by atoms with Crippen LogP contribution in [0.3, 0.4) is 0 Å². The van der Waals surface area contributed by atoms with Crippen molar-refractivity contribution in [1.29, 1.82) is 0 Å². The molecule has 6 heteroatoms. The number of hydroxylamine groups is 2. The van der Waals surface area contributed by atoms with E-state index in [0.29, 0.717) is 6.61 Å². The van der Waals surface area contributed by atoms with E-state index in [0.717, 1.165) is 45.6 Å². The molecule has 0 fully saturated rings. The molecule has 37 heavy (non-hydrogen) atoms. The van der Waals surface area contributed by atoms with Crippen molar-refractivity contribution in [2.24, 2.45) is 4.99 Å². The maximum absolute atomic E-state index is 6.16. The summed E-state index contributed by atoms with van der Waals surface area (Å²) in [7, 11) is 0. The zero-order chi connectivity index (χ0) is 25.3. The van der Waals surface area contributed by atoms with Crippen LogP contribution in [0.15, 0.2) is 126 Å². The third kappa shape index (κ3) is 7.26. The smallest absolute Gasteiger partial charge is 0.192 e. The monoisotopic (exact) mass is 508 g/mol. The van der Waals surface area contributed by atoms with Crippen LogP contribution in [0.5, 0.6) is 23.0 Å². The molecule has 0 saturated carbocycles. The number of benzene rings is 4. The zero-order valence-corrected chi connectivity index (χ0v) is 21.4. The predicted molar refractivity (Wildman–Crippen MR) is 150 cm³/mol. The Bertz CT molecular complexity index is 1360. The van der Waals surface area contributed by atoms with Crippen LogP contribution < -0.4 is 9.47 Å². The van der Waals surface area contributed by atoms with Gasteiger partial charge in [-0.25, -0.2) is 5.06 Å². The van der Waals surface area contributed by atoms with Crippen LogP contribution in [0.4, 0.5) is 0 Å². The molecule has 0 saturated heterocycles. The number of aliphatic imine (C=N–C) groups is 1. The number of hydrogen-bond donors (Lipinski definition) is 0. The predicted octanol–water partition coefficient (Wildman–Crippen LogP) is 8.21. The van der Waals surface area contributed by atoms with E-state index in [9.17, 15) is 0 Å². The fourth-order valence-corrected chi connectivity index (χ4v) is 4.75. The summed E-state index contributed by atoms with van der Waals surface area (Å²) in [6.45, 7) is 2.41. The Balaban J connectivity index is 1.19. The second-order valence-corrected chi connectivity index (χ2v) is 9.53. The molecule has 0 bridgehead atoms. The SMILES string of the molecule is CC1=NC(SCc2cccc(Oc3ccccc3)c2)N(OCc2cccc(Oc3ccccc3)c2)C=C1. The van der Waals surface area contributed by atoms with Crippen LogP contribution in [0, 0.1) is 0 Å². The van der Waals surface area contributed by atoms with E-state index >= 15 is 0 Å². The number of hydrogen-bond acceptors (Lipinski definition) is 6. The standard InChI is InChI=1S/C31H28N2O3S/c1-24-18-19-33(34-22-25-10-8-16-29(20-25)35-27-12-4-2-5-13-27)31(32-24)37-23-26-11-9-17-30(21-26)36-28-14-6-3-7-15-28/h2-21,31H,22-23H2,1H3. The maximum atomic E-state index is 6.16. The van der Waals surface area contributed by atoms with Crippen molar-refractivity contribution in [1.82, 2.24) is 5.06 Å². The number of para-hydroxylation sites is 2. The first-order chi connectivity index (χ1) is 18.2. The summed E-state index contributed by atoms with van der Waals surface area (Å²) < 4.78 is 12.0. The molecule has 0 spiro atoms. The summed E-state index contributed by atoms with van der Waals surface area (Å²) in [5, 5.41) is 1.81. The highest BCUT2D eigenvalue weighted by atomic mass is 32.2. The van der Waals surface area contributed by atoms with Crippen LogP contribution in [0.1, 0.15) is 18.1 Å². The zero-order valence-electron chi connectivity index (χ0n) is 20.6. The van der Waals surface area contributed by atoms with Crippen molar-refractivity contribution in [2.75, 3.05) is 0 Å². The molecule has 1 heterocycles. The number of rotatable bonds is 10. The van der Waals surface area contributed by atoms with Crippen LogP contribution in [-0.4, -0.2) is 16.3 Å². The normalized spacial score (nSPS) is 14.8.